The number of nitrogens with two attached hydrogens (primary N) is 1. The molecule has 2 aromatic rings. The monoisotopic (exact) mass is 201 g/mol. The summed E-state index contributed by atoms with van der Waals surface area (Å²) >= 11 is 0. The van der Waals surface area contributed by atoms with Crippen LogP contribution in [0, 0.1) is 20.8 Å². The topological polar surface area (TPSA) is 43.8 Å². The maximum atomic E-state index is 5.81. The summed E-state index contributed by atoms with van der Waals surface area (Å²) in [5.41, 5.74) is 10.4. The first kappa shape index (κ1) is 9.77. The lowest BCUT2D eigenvalue weighted by Crippen LogP contribution is -2.00. The van der Waals surface area contributed by atoms with Crippen LogP contribution in [0.25, 0.3) is 5.69 Å². The highest BCUT2D eigenvalue weighted by molar-refractivity contribution is 5.44. The van der Waals surface area contributed by atoms with E-state index in [1.807, 2.05) is 17.7 Å². The van der Waals surface area contributed by atoms with Crippen LogP contribution < -0.4 is 5.73 Å². The van der Waals surface area contributed by atoms with Crippen molar-refractivity contribution in [2.45, 2.75) is 20.8 Å². The molecule has 1 aromatic heterocycles. The highest BCUT2D eigenvalue weighted by Crippen LogP contribution is 2.17. The molecule has 0 radical (unpaired) electrons. The number of anilines is 1. The number of aromatic nitrogens is 2. The zero-order valence-corrected chi connectivity index (χ0v) is 9.28. The molecule has 1 heterocycles. The van der Waals surface area contributed by atoms with Crippen molar-refractivity contribution in [3.8, 4) is 5.69 Å². The fraction of sp³-hybridized carbons (Fsp3) is 0.250. The van der Waals surface area contributed by atoms with Crippen molar-refractivity contribution in [1.82, 2.24) is 9.55 Å². The van der Waals surface area contributed by atoms with Crippen LogP contribution in [0.15, 0.2) is 24.4 Å². The van der Waals surface area contributed by atoms with Gasteiger partial charge in [0.2, 0.25) is 5.95 Å². The number of benzene rings is 1. The van der Waals surface area contributed by atoms with Crippen molar-refractivity contribution in [1.29, 1.82) is 0 Å². The summed E-state index contributed by atoms with van der Waals surface area (Å²) in [6.45, 7) is 6.13. The number of hydrogen-bond donors (Lipinski definition) is 1. The molecule has 2 rings (SSSR count). The van der Waals surface area contributed by atoms with Gasteiger partial charge in [0.1, 0.15) is 0 Å². The van der Waals surface area contributed by atoms with Gasteiger partial charge in [0, 0.05) is 11.9 Å². The molecule has 15 heavy (non-hydrogen) atoms. The first-order valence-corrected chi connectivity index (χ1v) is 4.97. The zero-order valence-electron chi connectivity index (χ0n) is 9.28. The fourth-order valence-electron chi connectivity index (χ4n) is 1.60. The van der Waals surface area contributed by atoms with E-state index in [1.165, 1.54) is 11.1 Å². The zero-order chi connectivity index (χ0) is 11.0. The Hall–Kier alpha value is -1.77. The maximum absolute atomic E-state index is 5.81. The van der Waals surface area contributed by atoms with Crippen molar-refractivity contribution in [3.63, 3.8) is 0 Å². The second-order valence-electron chi connectivity index (χ2n) is 3.88. The van der Waals surface area contributed by atoms with Gasteiger partial charge in [-0.1, -0.05) is 6.07 Å². The van der Waals surface area contributed by atoms with E-state index in [-0.39, 0.29) is 0 Å². The Balaban J connectivity index is 2.54. The van der Waals surface area contributed by atoms with Crippen LogP contribution in [-0.2, 0) is 0 Å². The van der Waals surface area contributed by atoms with Crippen LogP contribution in [0.3, 0.4) is 0 Å². The predicted molar refractivity (Wildman–Crippen MR) is 62.2 cm³/mol. The standard InChI is InChI=1S/C12H15N3/c1-8-4-5-11(6-9(8)2)15-7-10(3)14-12(15)13/h4-7H,1-3H3,(H2,13,14). The fourth-order valence-corrected chi connectivity index (χ4v) is 1.60. The molecular formula is C12H15N3. The van der Waals surface area contributed by atoms with Gasteiger partial charge in [-0.3, -0.25) is 4.57 Å². The lowest BCUT2D eigenvalue weighted by Gasteiger charge is -2.07. The van der Waals surface area contributed by atoms with Gasteiger partial charge in [-0.2, -0.15) is 0 Å². The van der Waals surface area contributed by atoms with Crippen molar-refractivity contribution in [2.24, 2.45) is 0 Å². The molecule has 0 saturated carbocycles. The van der Waals surface area contributed by atoms with Gasteiger partial charge in [-0.05, 0) is 44.0 Å². The van der Waals surface area contributed by atoms with Gasteiger partial charge in [0.05, 0.1) is 5.69 Å². The van der Waals surface area contributed by atoms with E-state index in [0.717, 1.165) is 11.4 Å². The van der Waals surface area contributed by atoms with Crippen LogP contribution in [-0.4, -0.2) is 9.55 Å². The quantitative estimate of drug-likeness (QED) is 0.769. The van der Waals surface area contributed by atoms with Gasteiger partial charge in [0.25, 0.3) is 0 Å². The Kier molecular flexibility index (Phi) is 2.23. The van der Waals surface area contributed by atoms with Crippen LogP contribution in [0.2, 0.25) is 0 Å². The molecule has 78 valence electrons. The normalized spacial score (nSPS) is 10.6. The van der Waals surface area contributed by atoms with Crippen molar-refractivity contribution >= 4 is 5.95 Å². The van der Waals surface area contributed by atoms with Gasteiger partial charge < -0.3 is 5.73 Å². The van der Waals surface area contributed by atoms with E-state index in [2.05, 4.69) is 37.0 Å². The van der Waals surface area contributed by atoms with Gasteiger partial charge in [-0.15, -0.1) is 0 Å². The van der Waals surface area contributed by atoms with E-state index in [0.29, 0.717) is 5.95 Å². The molecule has 0 saturated heterocycles. The Morgan fingerprint density at radius 1 is 1.13 bits per heavy atom. The third kappa shape index (κ3) is 1.73. The number of nitrogen functional groups attached to an aromatic ring is 1. The second-order valence-corrected chi connectivity index (χ2v) is 3.88. The number of rotatable bonds is 1. The van der Waals surface area contributed by atoms with Crippen molar-refractivity contribution in [3.05, 3.63) is 41.2 Å². The summed E-state index contributed by atoms with van der Waals surface area (Å²) in [5.74, 6) is 0.538. The molecule has 2 N–H and O–H groups in total. The Morgan fingerprint density at radius 3 is 2.40 bits per heavy atom. The summed E-state index contributed by atoms with van der Waals surface area (Å²) in [6.07, 6.45) is 1.94. The summed E-state index contributed by atoms with van der Waals surface area (Å²) in [7, 11) is 0. The van der Waals surface area contributed by atoms with Crippen LogP contribution in [0.5, 0.6) is 0 Å². The molecule has 0 bridgehead atoms. The second kappa shape index (κ2) is 3.42. The first-order valence-electron chi connectivity index (χ1n) is 4.97. The highest BCUT2D eigenvalue weighted by Gasteiger charge is 2.04. The molecule has 0 atom stereocenters. The van der Waals surface area contributed by atoms with Crippen LogP contribution >= 0.6 is 0 Å². The molecule has 0 unspecified atom stereocenters. The predicted octanol–water partition coefficient (Wildman–Crippen LogP) is 2.38. The van der Waals surface area contributed by atoms with E-state index in [1.54, 1.807) is 0 Å². The van der Waals surface area contributed by atoms with E-state index >= 15 is 0 Å². The van der Waals surface area contributed by atoms with E-state index in [4.69, 9.17) is 5.73 Å². The molecule has 0 amide bonds. The molecule has 0 aliphatic carbocycles. The first-order chi connectivity index (χ1) is 7.08. The van der Waals surface area contributed by atoms with Gasteiger partial charge >= 0.3 is 0 Å². The lowest BCUT2D eigenvalue weighted by molar-refractivity contribution is 1.07. The molecule has 3 nitrogen and oxygen atoms in total. The molecule has 0 aliphatic rings. The minimum Gasteiger partial charge on any atom is -0.369 e. The smallest absolute Gasteiger partial charge is 0.205 e. The molecular weight excluding hydrogens is 186 g/mol. The molecule has 0 aliphatic heterocycles. The third-order valence-electron chi connectivity index (χ3n) is 2.62. The highest BCUT2D eigenvalue weighted by atomic mass is 15.1. The molecule has 0 fully saturated rings. The van der Waals surface area contributed by atoms with Gasteiger partial charge in [-0.25, -0.2) is 4.98 Å². The number of nitrogens with zero attached hydrogens (tertiary/aromatic N) is 2. The largest absolute Gasteiger partial charge is 0.369 e. The summed E-state index contributed by atoms with van der Waals surface area (Å²) < 4.78 is 1.90. The van der Waals surface area contributed by atoms with Crippen LogP contribution in [0.4, 0.5) is 5.95 Å². The Labute approximate surface area is 89.6 Å². The number of hydrogen-bond acceptors (Lipinski definition) is 2. The summed E-state index contributed by atoms with van der Waals surface area (Å²) in [4.78, 5) is 4.18. The Bertz CT molecular complexity index is 498. The minimum absolute atomic E-state index is 0.538. The maximum Gasteiger partial charge on any atom is 0.205 e. The number of aryl methyl sites for hydroxylation is 3. The molecule has 1 aromatic carbocycles. The average Bonchev–Trinajstić information content (AvgIpc) is 2.50. The Morgan fingerprint density at radius 2 is 1.87 bits per heavy atom. The summed E-state index contributed by atoms with van der Waals surface area (Å²) in [6, 6.07) is 6.27. The SMILES string of the molecule is Cc1cn(-c2ccc(C)c(C)c2)c(N)n1. The van der Waals surface area contributed by atoms with Crippen molar-refractivity contribution < 1.29 is 0 Å². The molecule has 0 spiro atoms. The molecule has 3 heteroatoms. The minimum atomic E-state index is 0.538. The number of imidazole rings is 1. The average molecular weight is 201 g/mol. The van der Waals surface area contributed by atoms with Crippen molar-refractivity contribution in [2.75, 3.05) is 5.73 Å². The van der Waals surface area contributed by atoms with E-state index < -0.39 is 0 Å². The lowest BCUT2D eigenvalue weighted by atomic mass is 10.1. The van der Waals surface area contributed by atoms with Gasteiger partial charge in [0.15, 0.2) is 0 Å². The van der Waals surface area contributed by atoms with Crippen LogP contribution in [0.1, 0.15) is 16.8 Å². The summed E-state index contributed by atoms with van der Waals surface area (Å²) in [5, 5.41) is 0. The van der Waals surface area contributed by atoms with E-state index in [9.17, 15) is 0 Å². The third-order valence-corrected chi connectivity index (χ3v) is 2.62.